The Labute approximate surface area is 95.7 Å². The van der Waals surface area contributed by atoms with Crippen molar-refractivity contribution in [3.8, 4) is 0 Å². The summed E-state index contributed by atoms with van der Waals surface area (Å²) in [5.74, 6) is 0. The smallest absolute Gasteiger partial charge is 0.329 e. The summed E-state index contributed by atoms with van der Waals surface area (Å²) in [5, 5.41) is -1.61. The Hall–Kier alpha value is -0.0100. The lowest BCUT2D eigenvalue weighted by molar-refractivity contribution is 0.314. The summed E-state index contributed by atoms with van der Waals surface area (Å²) in [4.78, 5) is 18.1. The molecule has 2 atom stereocenters. The molecule has 0 fully saturated rings. The van der Waals surface area contributed by atoms with Crippen LogP contribution in [-0.4, -0.2) is 34.2 Å². The predicted octanol–water partition coefficient (Wildman–Crippen LogP) is -1.38. The number of hydrogen-bond acceptors (Lipinski definition) is 5. The van der Waals surface area contributed by atoms with Gasteiger partial charge < -0.3 is 32.7 Å². The molecule has 0 saturated heterocycles. The van der Waals surface area contributed by atoms with Gasteiger partial charge in [0.2, 0.25) is 0 Å². The van der Waals surface area contributed by atoms with E-state index in [9.17, 15) is 4.57 Å². The molecule has 2 unspecified atom stereocenters. The summed E-state index contributed by atoms with van der Waals surface area (Å²) in [7, 11) is -4.36. The van der Waals surface area contributed by atoms with Gasteiger partial charge in [-0.1, -0.05) is 12.8 Å². The van der Waals surface area contributed by atoms with Gasteiger partial charge in [0.25, 0.3) is 0 Å². The fourth-order valence-corrected chi connectivity index (χ4v) is 2.01. The molecule has 98 valence electrons. The molecule has 8 heteroatoms. The molecule has 7 nitrogen and oxygen atoms in total. The Morgan fingerprint density at radius 1 is 1.25 bits per heavy atom. The van der Waals surface area contributed by atoms with Gasteiger partial charge in [0.15, 0.2) is 0 Å². The summed E-state index contributed by atoms with van der Waals surface area (Å²) in [5.41, 5.74) is 21.8. The summed E-state index contributed by atoms with van der Waals surface area (Å²) < 4.78 is 11.1. The van der Waals surface area contributed by atoms with Crippen molar-refractivity contribution in [2.24, 2.45) is 22.9 Å². The highest BCUT2D eigenvalue weighted by molar-refractivity contribution is 7.53. The second kappa shape index (κ2) is 6.66. The number of hydrogen-bond donors (Lipinski definition) is 6. The minimum absolute atomic E-state index is 0.0693. The largest absolute Gasteiger partial charge is 0.346 e. The van der Waals surface area contributed by atoms with E-state index in [2.05, 4.69) is 0 Å². The average Bonchev–Trinajstić information content (AvgIpc) is 2.21. The maximum Gasteiger partial charge on any atom is 0.346 e. The molecule has 0 aliphatic rings. The van der Waals surface area contributed by atoms with Crippen molar-refractivity contribution in [2.75, 3.05) is 13.1 Å². The first-order chi connectivity index (χ1) is 7.27. The molecule has 0 aliphatic heterocycles. The van der Waals surface area contributed by atoms with E-state index >= 15 is 0 Å². The van der Waals surface area contributed by atoms with Gasteiger partial charge in [0.05, 0.1) is 0 Å². The van der Waals surface area contributed by atoms with Crippen LogP contribution in [0.4, 0.5) is 0 Å². The van der Waals surface area contributed by atoms with Crippen molar-refractivity contribution in [3.05, 3.63) is 0 Å². The van der Waals surface area contributed by atoms with Crippen LogP contribution in [0.2, 0.25) is 0 Å². The molecule has 0 aromatic rings. The van der Waals surface area contributed by atoms with Gasteiger partial charge in [0, 0.05) is 19.1 Å². The summed E-state index contributed by atoms with van der Waals surface area (Å²) >= 11 is 0. The van der Waals surface area contributed by atoms with Gasteiger partial charge in [-0.2, -0.15) is 0 Å². The third-order valence-electron chi connectivity index (χ3n) is 2.67. The Kier molecular flexibility index (Phi) is 6.65. The molecule has 0 bridgehead atoms. The van der Waals surface area contributed by atoms with Crippen molar-refractivity contribution in [1.29, 1.82) is 0 Å². The summed E-state index contributed by atoms with van der Waals surface area (Å²) in [6.45, 7) is 0.170. The summed E-state index contributed by atoms with van der Waals surface area (Å²) in [6.07, 6.45) is 2.22. The molecule has 0 aliphatic carbocycles. The van der Waals surface area contributed by atoms with Gasteiger partial charge in [-0.05, 0) is 12.8 Å². The SMILES string of the molecule is NCC(N)CCCCC(N)(CN)P(=O)(O)O. The lowest BCUT2D eigenvalue weighted by Gasteiger charge is -2.28. The molecule has 0 aromatic heterocycles. The topological polar surface area (TPSA) is 162 Å². The first kappa shape index (κ1) is 16.0. The molecule has 0 heterocycles. The molecular formula is C8H23N4O3P. The minimum Gasteiger partial charge on any atom is -0.329 e. The first-order valence-corrected chi connectivity index (χ1v) is 6.88. The van der Waals surface area contributed by atoms with E-state index in [1.54, 1.807) is 0 Å². The van der Waals surface area contributed by atoms with Gasteiger partial charge in [-0.25, -0.2) is 0 Å². The third kappa shape index (κ3) is 4.88. The lowest BCUT2D eigenvalue weighted by atomic mass is 10.1. The zero-order valence-corrected chi connectivity index (χ0v) is 10.3. The second-order valence-electron chi connectivity index (χ2n) is 4.09. The molecular weight excluding hydrogens is 231 g/mol. The quantitative estimate of drug-likeness (QED) is 0.230. The van der Waals surface area contributed by atoms with Crippen LogP contribution in [0.5, 0.6) is 0 Å². The molecule has 10 N–H and O–H groups in total. The highest BCUT2D eigenvalue weighted by Gasteiger charge is 2.41. The standard InChI is InChI=1S/C8H23N4O3P/c9-5-7(11)3-1-2-4-8(12,6-10)16(13,14)15/h7H,1-6,9-12H2,(H2,13,14,15). The predicted molar refractivity (Wildman–Crippen MR) is 63.5 cm³/mol. The van der Waals surface area contributed by atoms with Crippen LogP contribution in [0.1, 0.15) is 25.7 Å². The highest BCUT2D eigenvalue weighted by atomic mass is 31.2. The fourth-order valence-electron chi connectivity index (χ4n) is 1.32. The van der Waals surface area contributed by atoms with Crippen LogP contribution in [0.25, 0.3) is 0 Å². The van der Waals surface area contributed by atoms with E-state index in [0.717, 1.165) is 12.8 Å². The fraction of sp³-hybridized carbons (Fsp3) is 1.00. The van der Waals surface area contributed by atoms with Crippen molar-refractivity contribution < 1.29 is 14.4 Å². The molecule has 0 spiro atoms. The van der Waals surface area contributed by atoms with Gasteiger partial charge in [-0.15, -0.1) is 0 Å². The van der Waals surface area contributed by atoms with Crippen LogP contribution >= 0.6 is 7.60 Å². The van der Waals surface area contributed by atoms with Crippen LogP contribution < -0.4 is 22.9 Å². The van der Waals surface area contributed by atoms with Crippen LogP contribution in [0.15, 0.2) is 0 Å². The average molecular weight is 254 g/mol. The molecule has 0 rings (SSSR count). The molecule has 0 aromatic carbocycles. The van der Waals surface area contributed by atoms with E-state index in [1.165, 1.54) is 0 Å². The maximum atomic E-state index is 11.1. The maximum absolute atomic E-state index is 11.1. The van der Waals surface area contributed by atoms with E-state index in [1.807, 2.05) is 0 Å². The zero-order valence-electron chi connectivity index (χ0n) is 9.38. The van der Waals surface area contributed by atoms with Crippen LogP contribution in [0, 0.1) is 0 Å². The highest BCUT2D eigenvalue weighted by Crippen LogP contribution is 2.49. The first-order valence-electron chi connectivity index (χ1n) is 5.27. The van der Waals surface area contributed by atoms with E-state index < -0.39 is 12.9 Å². The zero-order chi connectivity index (χ0) is 12.8. The minimum atomic E-state index is -4.36. The van der Waals surface area contributed by atoms with Crippen molar-refractivity contribution in [2.45, 2.75) is 37.0 Å². The number of rotatable bonds is 8. The molecule has 16 heavy (non-hydrogen) atoms. The Balaban J connectivity index is 4.03. The molecule has 0 amide bonds. The monoisotopic (exact) mass is 254 g/mol. The second-order valence-corrected chi connectivity index (χ2v) is 6.07. The Morgan fingerprint density at radius 2 is 1.81 bits per heavy atom. The van der Waals surface area contributed by atoms with E-state index in [0.29, 0.717) is 13.0 Å². The third-order valence-corrected chi connectivity index (χ3v) is 4.24. The Morgan fingerprint density at radius 3 is 2.19 bits per heavy atom. The van der Waals surface area contributed by atoms with Crippen molar-refractivity contribution in [3.63, 3.8) is 0 Å². The normalized spacial score (nSPS) is 18.1. The van der Waals surface area contributed by atoms with Crippen molar-refractivity contribution >= 4 is 7.60 Å². The molecule has 0 saturated carbocycles. The van der Waals surface area contributed by atoms with Crippen LogP contribution in [-0.2, 0) is 4.57 Å². The lowest BCUT2D eigenvalue weighted by Crippen LogP contribution is -2.46. The number of unbranched alkanes of at least 4 members (excludes halogenated alkanes) is 1. The van der Waals surface area contributed by atoms with Gasteiger partial charge in [-0.3, -0.25) is 4.57 Å². The number of nitrogens with two attached hydrogens (primary N) is 4. The van der Waals surface area contributed by atoms with Crippen LogP contribution in [0.3, 0.4) is 0 Å². The van der Waals surface area contributed by atoms with Crippen molar-refractivity contribution in [1.82, 2.24) is 0 Å². The van der Waals surface area contributed by atoms with E-state index in [4.69, 9.17) is 32.7 Å². The molecule has 0 radical (unpaired) electrons. The Bertz CT molecular complexity index is 247. The summed E-state index contributed by atoms with van der Waals surface area (Å²) in [6, 6.07) is -0.0693. The van der Waals surface area contributed by atoms with Gasteiger partial charge in [0.1, 0.15) is 5.28 Å². The van der Waals surface area contributed by atoms with E-state index in [-0.39, 0.29) is 19.0 Å². The van der Waals surface area contributed by atoms with Gasteiger partial charge >= 0.3 is 7.60 Å².